The van der Waals surface area contributed by atoms with Crippen molar-refractivity contribution in [1.29, 1.82) is 0 Å². The summed E-state index contributed by atoms with van der Waals surface area (Å²) in [6.45, 7) is 2.07. The molecular weight excluding hydrogens is 318 g/mol. The zero-order valence-electron chi connectivity index (χ0n) is 11.5. The first kappa shape index (κ1) is 13.4. The van der Waals surface area contributed by atoms with Crippen LogP contribution in [-0.2, 0) is 17.6 Å². The average molecular weight is 334 g/mol. The topological polar surface area (TPSA) is 33.5 Å². The number of hydrogen-bond acceptors (Lipinski definition) is 2. The van der Waals surface area contributed by atoms with Crippen molar-refractivity contribution in [3.8, 4) is 0 Å². The van der Waals surface area contributed by atoms with Gasteiger partial charge in [-0.25, -0.2) is 0 Å². The van der Waals surface area contributed by atoms with Crippen LogP contribution in [-0.4, -0.2) is 13.0 Å². The van der Waals surface area contributed by atoms with Crippen molar-refractivity contribution in [2.24, 2.45) is 0 Å². The van der Waals surface area contributed by atoms with E-state index in [0.717, 1.165) is 34.8 Å². The summed E-state index contributed by atoms with van der Waals surface area (Å²) in [6, 6.07) is 10.1. The highest BCUT2D eigenvalue weighted by atomic mass is 79.9. The molecule has 0 N–H and O–H groups in total. The van der Waals surface area contributed by atoms with Crippen LogP contribution in [0.5, 0.6) is 0 Å². The van der Waals surface area contributed by atoms with Crippen LogP contribution in [0.1, 0.15) is 34.4 Å². The van der Waals surface area contributed by atoms with Crippen molar-refractivity contribution in [2.45, 2.75) is 24.6 Å². The number of amides is 1. The second kappa shape index (κ2) is 5.09. The molecule has 1 unspecified atom stereocenters. The molecular formula is C16H16BrNO2. The Labute approximate surface area is 126 Å². The minimum Gasteiger partial charge on any atom is -0.465 e. The van der Waals surface area contributed by atoms with E-state index in [0.29, 0.717) is 6.42 Å². The maximum Gasteiger partial charge on any atom is 0.231 e. The van der Waals surface area contributed by atoms with Crippen LogP contribution >= 0.6 is 15.9 Å². The van der Waals surface area contributed by atoms with Crippen molar-refractivity contribution in [1.82, 2.24) is 0 Å². The van der Waals surface area contributed by atoms with Crippen molar-refractivity contribution < 1.29 is 9.21 Å². The molecule has 1 aliphatic heterocycles. The summed E-state index contributed by atoms with van der Waals surface area (Å²) in [6.07, 6.45) is 1.38. The predicted molar refractivity (Wildman–Crippen MR) is 82.4 cm³/mol. The predicted octanol–water partition coefficient (Wildman–Crippen LogP) is 3.85. The Kier molecular flexibility index (Phi) is 3.42. The van der Waals surface area contributed by atoms with E-state index in [1.54, 1.807) is 4.90 Å². The van der Waals surface area contributed by atoms with Gasteiger partial charge >= 0.3 is 0 Å². The van der Waals surface area contributed by atoms with E-state index >= 15 is 0 Å². The molecule has 3 rings (SSSR count). The second-order valence-corrected chi connectivity index (χ2v) is 5.95. The van der Waals surface area contributed by atoms with Crippen LogP contribution in [0.25, 0.3) is 0 Å². The normalized spacial score (nSPS) is 15.6. The molecule has 0 aliphatic carbocycles. The first-order valence-electron chi connectivity index (χ1n) is 6.72. The minimum absolute atomic E-state index is 0.0223. The number of fused-ring (bicyclic) bond motifs is 1. The summed E-state index contributed by atoms with van der Waals surface area (Å²) < 4.78 is 5.79. The quantitative estimate of drug-likeness (QED) is 0.799. The molecule has 0 saturated heterocycles. The Morgan fingerprint density at radius 1 is 1.35 bits per heavy atom. The molecule has 1 aromatic carbocycles. The molecule has 0 bridgehead atoms. The van der Waals surface area contributed by atoms with Gasteiger partial charge in [0.15, 0.2) is 0 Å². The van der Waals surface area contributed by atoms with Gasteiger partial charge in [-0.3, -0.25) is 4.79 Å². The lowest BCUT2D eigenvalue weighted by Crippen LogP contribution is -2.20. The number of aryl methyl sites for hydroxylation is 1. The summed E-state index contributed by atoms with van der Waals surface area (Å²) in [5.41, 5.74) is 3.21. The maximum atomic E-state index is 11.7. The third-order valence-electron chi connectivity index (χ3n) is 3.75. The van der Waals surface area contributed by atoms with Gasteiger partial charge in [0.25, 0.3) is 0 Å². The lowest BCUT2D eigenvalue weighted by molar-refractivity contribution is -0.117. The van der Waals surface area contributed by atoms with Crippen molar-refractivity contribution >= 4 is 27.5 Å². The van der Waals surface area contributed by atoms with Gasteiger partial charge in [0.05, 0.1) is 11.2 Å². The highest BCUT2D eigenvalue weighted by Crippen LogP contribution is 2.36. The number of rotatable bonds is 3. The fourth-order valence-electron chi connectivity index (χ4n) is 2.53. The number of hydrogen-bond donors (Lipinski definition) is 0. The highest BCUT2D eigenvalue weighted by Gasteiger charge is 2.25. The highest BCUT2D eigenvalue weighted by molar-refractivity contribution is 9.09. The zero-order chi connectivity index (χ0) is 14.3. The van der Waals surface area contributed by atoms with Gasteiger partial charge in [0.1, 0.15) is 11.5 Å². The Hall–Kier alpha value is -1.55. The molecule has 2 heterocycles. The molecule has 1 atom stereocenters. The van der Waals surface area contributed by atoms with E-state index in [9.17, 15) is 4.79 Å². The summed E-state index contributed by atoms with van der Waals surface area (Å²) in [7, 11) is 1.82. The van der Waals surface area contributed by atoms with Crippen molar-refractivity contribution in [2.75, 3.05) is 11.9 Å². The average Bonchev–Trinajstić information content (AvgIpc) is 3.04. The number of carbonyl (C=O) groups excluding carboxylic acids is 1. The van der Waals surface area contributed by atoms with E-state index in [2.05, 4.69) is 28.9 Å². The third-order valence-corrected chi connectivity index (χ3v) is 4.73. The number of benzene rings is 1. The van der Waals surface area contributed by atoms with Gasteiger partial charge in [-0.1, -0.05) is 35.0 Å². The largest absolute Gasteiger partial charge is 0.465 e. The first-order chi connectivity index (χ1) is 9.60. The molecule has 4 heteroatoms. The Bertz CT molecular complexity index is 662. The van der Waals surface area contributed by atoms with Gasteiger partial charge in [0, 0.05) is 19.2 Å². The first-order valence-corrected chi connectivity index (χ1v) is 7.63. The number of anilines is 1. The van der Waals surface area contributed by atoms with E-state index < -0.39 is 0 Å². The standard InChI is InChI=1S/C16H16BrNO2/c1-3-12-5-7-14(20-12)16(17)10-4-6-13-11(8-10)9-15(19)18(13)2/h4-8,16H,3,9H2,1-2H3. The summed E-state index contributed by atoms with van der Waals surface area (Å²) >= 11 is 3.68. The Morgan fingerprint density at radius 3 is 2.85 bits per heavy atom. The van der Waals surface area contributed by atoms with Gasteiger partial charge in [-0.2, -0.15) is 0 Å². The number of likely N-dealkylation sites (N-methyl/N-ethyl adjacent to an activating group) is 1. The number of alkyl halides is 1. The molecule has 1 amide bonds. The van der Waals surface area contributed by atoms with E-state index in [1.807, 2.05) is 31.3 Å². The number of nitrogens with zero attached hydrogens (tertiary/aromatic N) is 1. The van der Waals surface area contributed by atoms with Gasteiger partial charge < -0.3 is 9.32 Å². The molecule has 0 spiro atoms. The second-order valence-electron chi connectivity index (χ2n) is 5.04. The summed E-state index contributed by atoms with van der Waals surface area (Å²) in [5.74, 6) is 2.04. The smallest absolute Gasteiger partial charge is 0.231 e. The third kappa shape index (κ3) is 2.18. The monoisotopic (exact) mass is 333 g/mol. The van der Waals surface area contributed by atoms with Crippen LogP contribution in [0, 0.1) is 0 Å². The molecule has 3 nitrogen and oxygen atoms in total. The summed E-state index contributed by atoms with van der Waals surface area (Å²) in [4.78, 5) is 13.5. The van der Waals surface area contributed by atoms with Crippen LogP contribution in [0.15, 0.2) is 34.7 Å². The number of furan rings is 1. The molecule has 0 fully saturated rings. The zero-order valence-corrected chi connectivity index (χ0v) is 13.1. The molecule has 0 radical (unpaired) electrons. The number of halogens is 1. The molecule has 104 valence electrons. The van der Waals surface area contributed by atoms with E-state index in [4.69, 9.17) is 4.42 Å². The fourth-order valence-corrected chi connectivity index (χ4v) is 3.06. The lowest BCUT2D eigenvalue weighted by Gasteiger charge is -2.12. The maximum absolute atomic E-state index is 11.7. The van der Waals surface area contributed by atoms with Crippen molar-refractivity contribution in [3.63, 3.8) is 0 Å². The summed E-state index contributed by atoms with van der Waals surface area (Å²) in [5, 5.41) is 0. The van der Waals surface area contributed by atoms with Crippen LogP contribution in [0.2, 0.25) is 0 Å². The lowest BCUT2D eigenvalue weighted by atomic mass is 10.0. The van der Waals surface area contributed by atoms with E-state index in [-0.39, 0.29) is 10.7 Å². The van der Waals surface area contributed by atoms with Gasteiger partial charge in [0.2, 0.25) is 5.91 Å². The van der Waals surface area contributed by atoms with Crippen LogP contribution in [0.4, 0.5) is 5.69 Å². The molecule has 0 saturated carbocycles. The Morgan fingerprint density at radius 2 is 2.15 bits per heavy atom. The van der Waals surface area contributed by atoms with Gasteiger partial charge in [-0.05, 0) is 29.3 Å². The number of carbonyl (C=O) groups is 1. The van der Waals surface area contributed by atoms with Gasteiger partial charge in [-0.15, -0.1) is 0 Å². The Balaban J connectivity index is 1.92. The molecule has 2 aromatic rings. The SMILES string of the molecule is CCc1ccc(C(Br)c2ccc3c(c2)CC(=O)N3C)o1. The fraction of sp³-hybridized carbons (Fsp3) is 0.312. The van der Waals surface area contributed by atoms with Crippen LogP contribution in [0.3, 0.4) is 0 Å². The minimum atomic E-state index is 0.0223. The van der Waals surface area contributed by atoms with Crippen LogP contribution < -0.4 is 4.90 Å². The molecule has 1 aliphatic rings. The molecule has 20 heavy (non-hydrogen) atoms. The van der Waals surface area contributed by atoms with E-state index in [1.165, 1.54) is 0 Å². The van der Waals surface area contributed by atoms with Crippen molar-refractivity contribution in [3.05, 3.63) is 53.0 Å². The molecule has 1 aromatic heterocycles.